The molecule has 1 saturated heterocycles. The number of likely N-dealkylation sites (N-methyl/N-ethyl adjacent to an activating group) is 1. The van der Waals surface area contributed by atoms with Crippen molar-refractivity contribution in [3.63, 3.8) is 0 Å². The van der Waals surface area contributed by atoms with Crippen LogP contribution in [0.15, 0.2) is 4.99 Å². The average Bonchev–Trinajstić information content (AvgIpc) is 2.56. The minimum atomic E-state index is 0.286. The molecule has 0 bridgehead atoms. The topological polar surface area (TPSA) is 41.6 Å². The SMILES string of the molecule is CN1C(N)=NCC12CCSC2. The van der Waals surface area contributed by atoms with Crippen LogP contribution >= 0.6 is 11.8 Å². The van der Waals surface area contributed by atoms with Gasteiger partial charge in [-0.3, -0.25) is 4.99 Å². The Kier molecular flexibility index (Phi) is 1.52. The molecule has 11 heavy (non-hydrogen) atoms. The Morgan fingerprint density at radius 1 is 1.73 bits per heavy atom. The van der Waals surface area contributed by atoms with Gasteiger partial charge in [-0.25, -0.2) is 0 Å². The van der Waals surface area contributed by atoms with Crippen LogP contribution in [0.2, 0.25) is 0 Å². The van der Waals surface area contributed by atoms with Gasteiger partial charge in [0, 0.05) is 12.8 Å². The molecule has 1 fully saturated rings. The van der Waals surface area contributed by atoms with Crippen molar-refractivity contribution in [3.8, 4) is 0 Å². The molecule has 0 radical (unpaired) electrons. The Morgan fingerprint density at radius 3 is 3.00 bits per heavy atom. The van der Waals surface area contributed by atoms with E-state index in [9.17, 15) is 0 Å². The van der Waals surface area contributed by atoms with Crippen LogP contribution in [-0.4, -0.2) is 41.5 Å². The second kappa shape index (κ2) is 2.30. The number of nitrogens with two attached hydrogens (primary N) is 1. The highest BCUT2D eigenvalue weighted by molar-refractivity contribution is 7.99. The molecule has 0 aromatic heterocycles. The highest BCUT2D eigenvalue weighted by Gasteiger charge is 2.42. The van der Waals surface area contributed by atoms with E-state index in [4.69, 9.17) is 5.73 Å². The largest absolute Gasteiger partial charge is 0.370 e. The van der Waals surface area contributed by atoms with Crippen LogP contribution in [0.3, 0.4) is 0 Å². The molecule has 2 rings (SSSR count). The first-order valence-electron chi connectivity index (χ1n) is 3.86. The molecule has 0 saturated carbocycles. The van der Waals surface area contributed by atoms with Crippen molar-refractivity contribution in [2.24, 2.45) is 10.7 Å². The fourth-order valence-electron chi connectivity index (χ4n) is 1.67. The third-order valence-corrected chi connectivity index (χ3v) is 3.91. The fourth-order valence-corrected chi connectivity index (χ4v) is 3.15. The summed E-state index contributed by atoms with van der Waals surface area (Å²) in [6, 6.07) is 0. The van der Waals surface area contributed by atoms with Gasteiger partial charge in [0.2, 0.25) is 0 Å². The van der Waals surface area contributed by atoms with Crippen molar-refractivity contribution >= 4 is 17.7 Å². The van der Waals surface area contributed by atoms with Gasteiger partial charge < -0.3 is 10.6 Å². The molecular formula is C7H13N3S. The van der Waals surface area contributed by atoms with Crippen molar-refractivity contribution in [2.45, 2.75) is 12.0 Å². The molecule has 2 heterocycles. The van der Waals surface area contributed by atoms with Gasteiger partial charge in [0.25, 0.3) is 0 Å². The van der Waals surface area contributed by atoms with Gasteiger partial charge in [-0.1, -0.05) is 0 Å². The van der Waals surface area contributed by atoms with E-state index in [0.29, 0.717) is 5.96 Å². The minimum absolute atomic E-state index is 0.286. The van der Waals surface area contributed by atoms with Crippen molar-refractivity contribution in [3.05, 3.63) is 0 Å². The molecule has 0 aliphatic carbocycles. The van der Waals surface area contributed by atoms with Crippen LogP contribution in [0.5, 0.6) is 0 Å². The van der Waals surface area contributed by atoms with Gasteiger partial charge >= 0.3 is 0 Å². The third-order valence-electron chi connectivity index (χ3n) is 2.67. The molecule has 0 amide bonds. The second-order valence-electron chi connectivity index (χ2n) is 3.26. The maximum Gasteiger partial charge on any atom is 0.191 e. The number of rotatable bonds is 0. The van der Waals surface area contributed by atoms with Gasteiger partial charge in [-0.15, -0.1) is 0 Å². The predicted molar refractivity (Wildman–Crippen MR) is 48.9 cm³/mol. The predicted octanol–water partition coefficient (Wildman–Crippen LogP) is 0.122. The van der Waals surface area contributed by atoms with E-state index in [-0.39, 0.29) is 5.54 Å². The molecule has 2 aliphatic heterocycles. The van der Waals surface area contributed by atoms with E-state index >= 15 is 0 Å². The molecular weight excluding hydrogens is 158 g/mol. The first kappa shape index (κ1) is 7.28. The molecule has 3 nitrogen and oxygen atoms in total. The lowest BCUT2D eigenvalue weighted by molar-refractivity contribution is 0.271. The lowest BCUT2D eigenvalue weighted by Crippen LogP contribution is -2.49. The van der Waals surface area contributed by atoms with Crippen LogP contribution < -0.4 is 5.73 Å². The summed E-state index contributed by atoms with van der Waals surface area (Å²) in [4.78, 5) is 6.41. The smallest absolute Gasteiger partial charge is 0.191 e. The Labute approximate surface area is 71.0 Å². The van der Waals surface area contributed by atoms with Gasteiger partial charge in [0.1, 0.15) is 0 Å². The molecule has 0 aromatic rings. The van der Waals surface area contributed by atoms with E-state index in [1.165, 1.54) is 17.9 Å². The van der Waals surface area contributed by atoms with Gasteiger partial charge in [0.15, 0.2) is 5.96 Å². The number of guanidine groups is 1. The average molecular weight is 171 g/mol. The van der Waals surface area contributed by atoms with E-state index in [1.807, 2.05) is 11.8 Å². The highest BCUT2D eigenvalue weighted by Crippen LogP contribution is 2.35. The van der Waals surface area contributed by atoms with E-state index in [0.717, 1.165) is 6.54 Å². The van der Waals surface area contributed by atoms with Gasteiger partial charge in [-0.2, -0.15) is 11.8 Å². The minimum Gasteiger partial charge on any atom is -0.370 e. The molecule has 0 aromatic carbocycles. The maximum atomic E-state index is 5.70. The first-order chi connectivity index (χ1) is 5.25. The number of hydrogen-bond acceptors (Lipinski definition) is 4. The summed E-state index contributed by atoms with van der Waals surface area (Å²) in [5, 5.41) is 0. The number of aliphatic imine (C=N–C) groups is 1. The normalized spacial score (nSPS) is 36.8. The Hall–Kier alpha value is -0.380. The summed E-state index contributed by atoms with van der Waals surface area (Å²) in [6.07, 6.45) is 1.23. The first-order valence-corrected chi connectivity index (χ1v) is 5.02. The summed E-state index contributed by atoms with van der Waals surface area (Å²) in [7, 11) is 2.05. The summed E-state index contributed by atoms with van der Waals surface area (Å²) < 4.78 is 0. The third kappa shape index (κ3) is 0.922. The zero-order chi connectivity index (χ0) is 7.90. The van der Waals surface area contributed by atoms with Crippen LogP contribution in [-0.2, 0) is 0 Å². The molecule has 2 aliphatic rings. The summed E-state index contributed by atoms with van der Waals surface area (Å²) in [5.41, 5.74) is 5.99. The zero-order valence-corrected chi connectivity index (χ0v) is 7.52. The van der Waals surface area contributed by atoms with E-state index in [2.05, 4.69) is 16.9 Å². The number of nitrogens with zero attached hydrogens (tertiary/aromatic N) is 2. The standard InChI is InChI=1S/C7H13N3S/c1-10-6(8)9-4-7(10)2-3-11-5-7/h2-5H2,1H3,(H2,8,9). The molecule has 1 spiro atoms. The zero-order valence-electron chi connectivity index (χ0n) is 6.71. The van der Waals surface area contributed by atoms with Crippen LogP contribution in [0.4, 0.5) is 0 Å². The summed E-state index contributed by atoms with van der Waals surface area (Å²) in [5.74, 6) is 3.16. The summed E-state index contributed by atoms with van der Waals surface area (Å²) in [6.45, 7) is 0.905. The van der Waals surface area contributed by atoms with Crippen molar-refractivity contribution in [1.82, 2.24) is 4.90 Å². The Bertz CT molecular complexity index is 196. The van der Waals surface area contributed by atoms with Gasteiger partial charge in [0.05, 0.1) is 12.1 Å². The van der Waals surface area contributed by atoms with Crippen LogP contribution in [0, 0.1) is 0 Å². The fraction of sp³-hybridized carbons (Fsp3) is 0.857. The molecule has 62 valence electrons. The van der Waals surface area contributed by atoms with E-state index in [1.54, 1.807) is 0 Å². The lowest BCUT2D eigenvalue weighted by Gasteiger charge is -2.31. The maximum absolute atomic E-state index is 5.70. The number of thioether (sulfide) groups is 1. The second-order valence-corrected chi connectivity index (χ2v) is 4.37. The van der Waals surface area contributed by atoms with Crippen molar-refractivity contribution in [1.29, 1.82) is 0 Å². The van der Waals surface area contributed by atoms with Gasteiger partial charge in [-0.05, 0) is 12.2 Å². The Morgan fingerprint density at radius 2 is 2.55 bits per heavy atom. The number of hydrogen-bond donors (Lipinski definition) is 1. The lowest BCUT2D eigenvalue weighted by atomic mass is 9.99. The monoisotopic (exact) mass is 171 g/mol. The quantitative estimate of drug-likeness (QED) is 0.563. The molecule has 4 heteroatoms. The molecule has 1 unspecified atom stereocenters. The van der Waals surface area contributed by atoms with Crippen molar-refractivity contribution in [2.75, 3.05) is 25.1 Å². The van der Waals surface area contributed by atoms with Crippen molar-refractivity contribution < 1.29 is 0 Å². The van der Waals surface area contributed by atoms with Crippen LogP contribution in [0.1, 0.15) is 6.42 Å². The molecule has 2 N–H and O–H groups in total. The molecule has 1 atom stereocenters. The summed E-state index contributed by atoms with van der Waals surface area (Å²) >= 11 is 2.01. The van der Waals surface area contributed by atoms with Crippen LogP contribution in [0.25, 0.3) is 0 Å². The highest BCUT2D eigenvalue weighted by atomic mass is 32.2. The van der Waals surface area contributed by atoms with E-state index < -0.39 is 0 Å². The Balaban J connectivity index is 2.18.